The first-order valence-electron chi connectivity index (χ1n) is 5.59. The predicted molar refractivity (Wildman–Crippen MR) is 60.6 cm³/mol. The van der Waals surface area contributed by atoms with Crippen LogP contribution in [0.5, 0.6) is 0 Å². The molecule has 1 N–H and O–H groups in total. The van der Waals surface area contributed by atoms with Crippen molar-refractivity contribution in [2.24, 2.45) is 5.92 Å². The Hall–Kier alpha value is -1.03. The number of aliphatic hydroxyl groups is 1. The van der Waals surface area contributed by atoms with E-state index >= 15 is 0 Å². The molecule has 4 heteroatoms. The summed E-state index contributed by atoms with van der Waals surface area (Å²) < 4.78 is 41.7. The van der Waals surface area contributed by atoms with Gasteiger partial charge in [-0.3, -0.25) is 0 Å². The molecule has 1 rings (SSSR count). The molecule has 0 heterocycles. The summed E-state index contributed by atoms with van der Waals surface area (Å²) in [4.78, 5) is 0. The number of benzene rings is 1. The molecule has 0 radical (unpaired) electrons. The van der Waals surface area contributed by atoms with Crippen LogP contribution in [-0.2, 0) is 5.92 Å². The van der Waals surface area contributed by atoms with Crippen molar-refractivity contribution in [3.63, 3.8) is 0 Å². The second-order valence-electron chi connectivity index (χ2n) is 4.57. The molecule has 0 saturated carbocycles. The molecule has 1 aromatic carbocycles. The molecule has 0 amide bonds. The molecular formula is C13H17F3O. The molecule has 1 nitrogen and oxygen atoms in total. The number of alkyl halides is 2. The van der Waals surface area contributed by atoms with Gasteiger partial charge in [-0.15, -0.1) is 0 Å². The Morgan fingerprint density at radius 2 is 1.82 bits per heavy atom. The number of hydrogen-bond donors (Lipinski definition) is 1. The van der Waals surface area contributed by atoms with Crippen molar-refractivity contribution >= 4 is 0 Å². The highest BCUT2D eigenvalue weighted by molar-refractivity contribution is 5.31. The average molecular weight is 246 g/mol. The lowest BCUT2D eigenvalue weighted by atomic mass is 9.92. The lowest BCUT2D eigenvalue weighted by Crippen LogP contribution is -2.27. The zero-order valence-electron chi connectivity index (χ0n) is 10.2. The van der Waals surface area contributed by atoms with Crippen molar-refractivity contribution in [2.45, 2.75) is 32.6 Å². The highest BCUT2D eigenvalue weighted by atomic mass is 19.3. The van der Waals surface area contributed by atoms with Crippen LogP contribution >= 0.6 is 0 Å². The topological polar surface area (TPSA) is 20.2 Å². The van der Waals surface area contributed by atoms with Crippen LogP contribution in [0.3, 0.4) is 0 Å². The molecular weight excluding hydrogens is 229 g/mol. The molecule has 0 aliphatic carbocycles. The monoisotopic (exact) mass is 246 g/mol. The van der Waals surface area contributed by atoms with Gasteiger partial charge in [0.2, 0.25) is 0 Å². The Morgan fingerprint density at radius 3 is 2.29 bits per heavy atom. The van der Waals surface area contributed by atoms with Crippen LogP contribution in [0.1, 0.15) is 37.8 Å². The Morgan fingerprint density at radius 1 is 1.24 bits per heavy atom. The summed E-state index contributed by atoms with van der Waals surface area (Å²) >= 11 is 0. The van der Waals surface area contributed by atoms with E-state index in [1.807, 2.05) is 0 Å². The van der Waals surface area contributed by atoms with E-state index in [4.69, 9.17) is 5.11 Å². The Kier molecular flexibility index (Phi) is 4.20. The van der Waals surface area contributed by atoms with Crippen LogP contribution in [-0.4, -0.2) is 11.7 Å². The lowest BCUT2D eigenvalue weighted by Gasteiger charge is -2.24. The molecule has 0 bridgehead atoms. The van der Waals surface area contributed by atoms with Crippen molar-refractivity contribution in [1.82, 2.24) is 0 Å². The molecule has 0 unspecified atom stereocenters. The van der Waals surface area contributed by atoms with Crippen LogP contribution in [0.15, 0.2) is 18.2 Å². The fourth-order valence-corrected chi connectivity index (χ4v) is 1.63. The summed E-state index contributed by atoms with van der Waals surface area (Å²) in [5.74, 6) is -5.69. The SMILES string of the molecule is CC(C)c1cccc(C(F)(F)[C@H](C)CO)c1F. The fourth-order valence-electron chi connectivity index (χ4n) is 1.63. The highest BCUT2D eigenvalue weighted by Gasteiger charge is 2.40. The Bertz CT molecular complexity index is 388. The second-order valence-corrected chi connectivity index (χ2v) is 4.57. The molecule has 0 aliphatic rings. The van der Waals surface area contributed by atoms with Crippen molar-refractivity contribution in [1.29, 1.82) is 0 Å². The number of hydrogen-bond acceptors (Lipinski definition) is 1. The first-order valence-corrected chi connectivity index (χ1v) is 5.59. The molecule has 0 spiro atoms. The van der Waals surface area contributed by atoms with E-state index in [2.05, 4.69) is 0 Å². The van der Waals surface area contributed by atoms with Gasteiger partial charge in [-0.25, -0.2) is 13.2 Å². The molecule has 0 saturated heterocycles. The van der Waals surface area contributed by atoms with Crippen LogP contribution in [0, 0.1) is 11.7 Å². The van der Waals surface area contributed by atoms with E-state index in [9.17, 15) is 13.2 Å². The Balaban J connectivity index is 3.27. The van der Waals surface area contributed by atoms with Gasteiger partial charge in [0.05, 0.1) is 12.2 Å². The minimum absolute atomic E-state index is 0.157. The summed E-state index contributed by atoms with van der Waals surface area (Å²) in [5, 5.41) is 8.80. The van der Waals surface area contributed by atoms with Crippen LogP contribution in [0.4, 0.5) is 13.2 Å². The highest BCUT2D eigenvalue weighted by Crippen LogP contribution is 2.38. The third-order valence-corrected chi connectivity index (χ3v) is 2.90. The molecule has 0 fully saturated rings. The van der Waals surface area contributed by atoms with E-state index in [1.165, 1.54) is 19.1 Å². The van der Waals surface area contributed by atoms with Gasteiger partial charge in [0.15, 0.2) is 0 Å². The number of aliphatic hydroxyl groups excluding tert-OH is 1. The molecule has 0 aliphatic heterocycles. The van der Waals surface area contributed by atoms with Crippen LogP contribution in [0.2, 0.25) is 0 Å². The smallest absolute Gasteiger partial charge is 0.280 e. The lowest BCUT2D eigenvalue weighted by molar-refractivity contribution is -0.0779. The third-order valence-electron chi connectivity index (χ3n) is 2.90. The predicted octanol–water partition coefficient (Wildman–Crippen LogP) is 3.67. The average Bonchev–Trinajstić information content (AvgIpc) is 2.27. The van der Waals surface area contributed by atoms with Crippen molar-refractivity contribution in [3.8, 4) is 0 Å². The molecule has 1 atom stereocenters. The summed E-state index contributed by atoms with van der Waals surface area (Å²) in [6.45, 7) is 4.01. The van der Waals surface area contributed by atoms with Crippen LogP contribution in [0.25, 0.3) is 0 Å². The van der Waals surface area contributed by atoms with E-state index in [0.29, 0.717) is 0 Å². The van der Waals surface area contributed by atoms with Gasteiger partial charge in [-0.05, 0) is 11.5 Å². The summed E-state index contributed by atoms with van der Waals surface area (Å²) in [5.41, 5.74) is -0.363. The van der Waals surface area contributed by atoms with E-state index < -0.39 is 29.8 Å². The first kappa shape index (κ1) is 14.0. The van der Waals surface area contributed by atoms with E-state index in [-0.39, 0.29) is 11.5 Å². The number of rotatable bonds is 4. The maximum absolute atomic E-state index is 14.0. The zero-order valence-corrected chi connectivity index (χ0v) is 10.2. The zero-order chi connectivity index (χ0) is 13.2. The quantitative estimate of drug-likeness (QED) is 0.859. The first-order chi connectivity index (χ1) is 7.82. The van der Waals surface area contributed by atoms with Gasteiger partial charge in [0.25, 0.3) is 5.92 Å². The van der Waals surface area contributed by atoms with Gasteiger partial charge in [-0.2, -0.15) is 0 Å². The molecule has 1 aromatic rings. The van der Waals surface area contributed by atoms with Gasteiger partial charge in [0, 0.05) is 5.92 Å². The van der Waals surface area contributed by atoms with E-state index in [0.717, 1.165) is 6.07 Å². The molecule has 96 valence electrons. The Labute approximate surface area is 99.3 Å². The minimum Gasteiger partial charge on any atom is -0.396 e. The van der Waals surface area contributed by atoms with Crippen molar-refractivity contribution in [2.75, 3.05) is 6.61 Å². The largest absolute Gasteiger partial charge is 0.396 e. The van der Waals surface area contributed by atoms with Crippen molar-refractivity contribution < 1.29 is 18.3 Å². The molecule has 17 heavy (non-hydrogen) atoms. The number of halogens is 3. The molecule has 0 aromatic heterocycles. The minimum atomic E-state index is -3.36. The normalized spacial score (nSPS) is 14.1. The van der Waals surface area contributed by atoms with Gasteiger partial charge < -0.3 is 5.11 Å². The van der Waals surface area contributed by atoms with Crippen molar-refractivity contribution in [3.05, 3.63) is 35.1 Å². The summed E-state index contributed by atoms with van der Waals surface area (Å²) in [7, 11) is 0. The third kappa shape index (κ3) is 2.63. The maximum atomic E-state index is 14.0. The van der Waals surface area contributed by atoms with Gasteiger partial charge >= 0.3 is 0 Å². The van der Waals surface area contributed by atoms with Gasteiger partial charge in [-0.1, -0.05) is 39.0 Å². The maximum Gasteiger partial charge on any atom is 0.280 e. The standard InChI is InChI=1S/C13H17F3O/c1-8(2)10-5-4-6-11(12(10)14)13(15,16)9(3)7-17/h4-6,8-9,17H,7H2,1-3H3/t9-/m1/s1. The van der Waals surface area contributed by atoms with E-state index in [1.54, 1.807) is 13.8 Å². The fraction of sp³-hybridized carbons (Fsp3) is 0.538. The van der Waals surface area contributed by atoms with Crippen LogP contribution < -0.4 is 0 Å². The second kappa shape index (κ2) is 5.08. The summed E-state index contributed by atoms with van der Waals surface area (Å²) in [6, 6.07) is 4.00. The summed E-state index contributed by atoms with van der Waals surface area (Å²) in [6.07, 6.45) is 0. The van der Waals surface area contributed by atoms with Gasteiger partial charge in [0.1, 0.15) is 5.82 Å².